The Labute approximate surface area is 107 Å². The average molecular weight is 253 g/mol. The molecule has 4 heteroatoms. The summed E-state index contributed by atoms with van der Waals surface area (Å²) in [7, 11) is 0. The van der Waals surface area contributed by atoms with Crippen LogP contribution in [0, 0.1) is 5.82 Å². The summed E-state index contributed by atoms with van der Waals surface area (Å²) in [6.45, 7) is 4.56. The van der Waals surface area contributed by atoms with Crippen molar-refractivity contribution in [3.05, 3.63) is 29.6 Å². The molecule has 0 aromatic heterocycles. The number of carbonyl (C=O) groups excluding carboxylic acids is 1. The third-order valence-corrected chi connectivity index (χ3v) is 2.85. The van der Waals surface area contributed by atoms with E-state index in [-0.39, 0.29) is 12.4 Å². The van der Waals surface area contributed by atoms with Crippen LogP contribution >= 0.6 is 0 Å². The summed E-state index contributed by atoms with van der Waals surface area (Å²) in [5.41, 5.74) is 0.818. The van der Waals surface area contributed by atoms with E-state index in [0.29, 0.717) is 24.3 Å². The zero-order chi connectivity index (χ0) is 13.5. The molecule has 0 saturated carbocycles. The van der Waals surface area contributed by atoms with Gasteiger partial charge in [-0.2, -0.15) is 0 Å². The Morgan fingerprint density at radius 2 is 2.11 bits per heavy atom. The third kappa shape index (κ3) is 3.81. The van der Waals surface area contributed by atoms with E-state index in [0.717, 1.165) is 12.8 Å². The van der Waals surface area contributed by atoms with Crippen molar-refractivity contribution in [2.45, 2.75) is 26.7 Å². The minimum absolute atomic E-state index is 0.0163. The van der Waals surface area contributed by atoms with Crippen LogP contribution in [-0.4, -0.2) is 30.6 Å². The molecule has 1 N–H and O–H groups in total. The van der Waals surface area contributed by atoms with Gasteiger partial charge in [0.05, 0.1) is 12.3 Å². The standard InChI is InChI=1S/C14H20FNO2/c1-3-4-7-16(8-9-17)14-6-5-12(11(2)18)10-13(14)15/h5-6,10,17H,3-4,7-9H2,1-2H3. The van der Waals surface area contributed by atoms with E-state index >= 15 is 0 Å². The van der Waals surface area contributed by atoms with Crippen LogP contribution in [0.2, 0.25) is 0 Å². The Balaban J connectivity index is 2.93. The number of Topliss-reactive ketones (excluding diaryl/α,β-unsaturated/α-hetero) is 1. The van der Waals surface area contributed by atoms with E-state index < -0.39 is 5.82 Å². The topological polar surface area (TPSA) is 40.5 Å². The van der Waals surface area contributed by atoms with E-state index in [1.165, 1.54) is 13.0 Å². The number of hydrogen-bond acceptors (Lipinski definition) is 3. The predicted octanol–water partition coefficient (Wildman–Crippen LogP) is 2.63. The van der Waals surface area contributed by atoms with Crippen molar-refractivity contribution in [2.75, 3.05) is 24.6 Å². The number of unbranched alkanes of at least 4 members (excludes halogenated alkanes) is 1. The first-order valence-corrected chi connectivity index (χ1v) is 6.26. The van der Waals surface area contributed by atoms with Crippen molar-refractivity contribution in [1.29, 1.82) is 0 Å². The maximum Gasteiger partial charge on any atom is 0.159 e. The molecule has 0 heterocycles. The quantitative estimate of drug-likeness (QED) is 0.759. The second-order valence-corrected chi connectivity index (χ2v) is 4.29. The fourth-order valence-electron chi connectivity index (χ4n) is 1.80. The first-order valence-electron chi connectivity index (χ1n) is 6.26. The van der Waals surface area contributed by atoms with Crippen molar-refractivity contribution >= 4 is 11.5 Å². The van der Waals surface area contributed by atoms with Gasteiger partial charge in [-0.3, -0.25) is 4.79 Å². The van der Waals surface area contributed by atoms with Crippen LogP contribution in [-0.2, 0) is 0 Å². The molecule has 0 bridgehead atoms. The van der Waals surface area contributed by atoms with Gasteiger partial charge in [0, 0.05) is 18.7 Å². The molecule has 3 nitrogen and oxygen atoms in total. The highest BCUT2D eigenvalue weighted by atomic mass is 19.1. The van der Waals surface area contributed by atoms with E-state index in [1.807, 2.05) is 4.90 Å². The number of anilines is 1. The van der Waals surface area contributed by atoms with Crippen molar-refractivity contribution in [1.82, 2.24) is 0 Å². The second-order valence-electron chi connectivity index (χ2n) is 4.29. The van der Waals surface area contributed by atoms with Gasteiger partial charge < -0.3 is 10.0 Å². The number of nitrogens with zero attached hydrogens (tertiary/aromatic N) is 1. The van der Waals surface area contributed by atoms with Gasteiger partial charge in [0.1, 0.15) is 5.82 Å². The molecule has 1 aromatic rings. The van der Waals surface area contributed by atoms with Crippen LogP contribution in [0.3, 0.4) is 0 Å². The summed E-state index contributed by atoms with van der Waals surface area (Å²) < 4.78 is 13.9. The Kier molecular flexibility index (Phi) is 5.78. The van der Waals surface area contributed by atoms with Crippen LogP contribution in [0.15, 0.2) is 18.2 Å². The molecular formula is C14H20FNO2. The molecule has 1 aromatic carbocycles. The summed E-state index contributed by atoms with van der Waals surface area (Å²) >= 11 is 0. The van der Waals surface area contributed by atoms with Crippen molar-refractivity contribution < 1.29 is 14.3 Å². The lowest BCUT2D eigenvalue weighted by Gasteiger charge is -2.24. The molecule has 0 atom stereocenters. The maximum atomic E-state index is 13.9. The highest BCUT2D eigenvalue weighted by molar-refractivity contribution is 5.94. The fourth-order valence-corrected chi connectivity index (χ4v) is 1.80. The van der Waals surface area contributed by atoms with Crippen LogP contribution in [0.25, 0.3) is 0 Å². The fraction of sp³-hybridized carbons (Fsp3) is 0.500. The van der Waals surface area contributed by atoms with Crippen LogP contribution in [0.5, 0.6) is 0 Å². The van der Waals surface area contributed by atoms with Gasteiger partial charge in [-0.05, 0) is 31.5 Å². The molecule has 0 aliphatic carbocycles. The van der Waals surface area contributed by atoms with E-state index in [9.17, 15) is 9.18 Å². The largest absolute Gasteiger partial charge is 0.395 e. The van der Waals surface area contributed by atoms with Crippen LogP contribution < -0.4 is 4.90 Å². The predicted molar refractivity (Wildman–Crippen MR) is 70.6 cm³/mol. The minimum atomic E-state index is -0.410. The van der Waals surface area contributed by atoms with Gasteiger partial charge in [0.2, 0.25) is 0 Å². The molecule has 18 heavy (non-hydrogen) atoms. The molecule has 0 aliphatic heterocycles. The molecule has 0 radical (unpaired) electrons. The van der Waals surface area contributed by atoms with Gasteiger partial charge in [0.25, 0.3) is 0 Å². The molecule has 0 saturated heterocycles. The number of aliphatic hydroxyl groups is 1. The summed E-state index contributed by atoms with van der Waals surface area (Å²) in [6.07, 6.45) is 1.95. The number of benzene rings is 1. The van der Waals surface area contributed by atoms with Gasteiger partial charge in [-0.1, -0.05) is 13.3 Å². The van der Waals surface area contributed by atoms with E-state index in [4.69, 9.17) is 5.11 Å². The summed E-state index contributed by atoms with van der Waals surface area (Å²) in [5.74, 6) is -0.560. The molecule has 0 unspecified atom stereocenters. The second kappa shape index (κ2) is 7.11. The Hall–Kier alpha value is -1.42. The zero-order valence-corrected chi connectivity index (χ0v) is 10.9. The highest BCUT2D eigenvalue weighted by Gasteiger charge is 2.12. The first-order chi connectivity index (χ1) is 8.60. The minimum Gasteiger partial charge on any atom is -0.395 e. The summed E-state index contributed by atoms with van der Waals surface area (Å²) in [6, 6.07) is 4.49. The maximum absolute atomic E-state index is 13.9. The third-order valence-electron chi connectivity index (χ3n) is 2.85. The lowest BCUT2D eigenvalue weighted by Crippen LogP contribution is -2.28. The van der Waals surface area contributed by atoms with Crippen molar-refractivity contribution in [3.8, 4) is 0 Å². The lowest BCUT2D eigenvalue weighted by molar-refractivity contribution is 0.101. The monoisotopic (exact) mass is 253 g/mol. The summed E-state index contributed by atoms with van der Waals surface area (Å²) in [5, 5.41) is 9.01. The van der Waals surface area contributed by atoms with E-state index in [2.05, 4.69) is 6.92 Å². The normalized spacial score (nSPS) is 10.4. The van der Waals surface area contributed by atoms with Crippen LogP contribution in [0.1, 0.15) is 37.0 Å². The van der Waals surface area contributed by atoms with Crippen molar-refractivity contribution in [3.63, 3.8) is 0 Å². The van der Waals surface area contributed by atoms with Crippen molar-refractivity contribution in [2.24, 2.45) is 0 Å². The lowest BCUT2D eigenvalue weighted by atomic mass is 10.1. The molecule has 0 aliphatic rings. The Bertz CT molecular complexity index is 407. The van der Waals surface area contributed by atoms with Gasteiger partial charge in [-0.25, -0.2) is 4.39 Å². The van der Waals surface area contributed by atoms with Gasteiger partial charge in [0.15, 0.2) is 5.78 Å². The number of ketones is 1. The van der Waals surface area contributed by atoms with E-state index in [1.54, 1.807) is 12.1 Å². The SMILES string of the molecule is CCCCN(CCO)c1ccc(C(C)=O)cc1F. The van der Waals surface area contributed by atoms with Gasteiger partial charge in [-0.15, -0.1) is 0 Å². The number of aliphatic hydroxyl groups excluding tert-OH is 1. The van der Waals surface area contributed by atoms with Crippen LogP contribution in [0.4, 0.5) is 10.1 Å². The zero-order valence-electron chi connectivity index (χ0n) is 10.9. The number of halogens is 1. The highest BCUT2D eigenvalue weighted by Crippen LogP contribution is 2.21. The smallest absolute Gasteiger partial charge is 0.159 e. The number of hydrogen-bond donors (Lipinski definition) is 1. The molecule has 0 fully saturated rings. The number of rotatable bonds is 7. The molecule has 100 valence electrons. The number of carbonyl (C=O) groups is 1. The molecular weight excluding hydrogens is 233 g/mol. The molecule has 0 amide bonds. The van der Waals surface area contributed by atoms with Gasteiger partial charge >= 0.3 is 0 Å². The Morgan fingerprint density at radius 1 is 1.39 bits per heavy atom. The molecule has 0 spiro atoms. The Morgan fingerprint density at radius 3 is 2.61 bits per heavy atom. The summed E-state index contributed by atoms with van der Waals surface area (Å²) in [4.78, 5) is 13.0. The average Bonchev–Trinajstić information content (AvgIpc) is 2.34. The molecule has 1 rings (SSSR count). The first kappa shape index (κ1) is 14.6.